The molecule has 0 amide bonds. The van der Waals surface area contributed by atoms with Gasteiger partial charge in [-0.3, -0.25) is 10.1 Å². The summed E-state index contributed by atoms with van der Waals surface area (Å²) < 4.78 is 5.20. The molecule has 2 aromatic rings. The predicted molar refractivity (Wildman–Crippen MR) is 104 cm³/mol. The van der Waals surface area contributed by atoms with E-state index in [1.807, 2.05) is 19.9 Å². The third kappa shape index (κ3) is 4.71. The first-order valence-corrected chi connectivity index (χ1v) is 9.06. The summed E-state index contributed by atoms with van der Waals surface area (Å²) in [6, 6.07) is 7.21. The molecule has 3 rings (SSSR count). The number of piperidine rings is 1. The Kier molecular flexibility index (Phi) is 5.85. The van der Waals surface area contributed by atoms with Crippen molar-refractivity contribution < 1.29 is 9.66 Å². The lowest BCUT2D eigenvalue weighted by molar-refractivity contribution is -0.384. The minimum atomic E-state index is -0.382. The number of aryl methyl sites for hydroxylation is 2. The van der Waals surface area contributed by atoms with E-state index in [1.165, 1.54) is 6.07 Å². The number of nitro groups is 1. The predicted octanol–water partition coefficient (Wildman–Crippen LogP) is 3.23. The van der Waals surface area contributed by atoms with Crippen molar-refractivity contribution in [3.63, 3.8) is 0 Å². The molecule has 2 heterocycles. The van der Waals surface area contributed by atoms with Crippen LogP contribution in [-0.2, 0) is 11.3 Å². The summed E-state index contributed by atoms with van der Waals surface area (Å²) in [5.74, 6) is 1.77. The zero-order chi connectivity index (χ0) is 19.4. The van der Waals surface area contributed by atoms with Crippen molar-refractivity contribution in [3.8, 4) is 0 Å². The van der Waals surface area contributed by atoms with Crippen molar-refractivity contribution in [1.82, 2.24) is 9.97 Å². The second kappa shape index (κ2) is 8.30. The van der Waals surface area contributed by atoms with Crippen molar-refractivity contribution in [2.45, 2.75) is 39.3 Å². The molecule has 144 valence electrons. The molecule has 1 saturated heterocycles. The molecule has 0 unspecified atom stereocenters. The minimum Gasteiger partial charge on any atom is -0.382 e. The topological polar surface area (TPSA) is 93.4 Å². The Morgan fingerprint density at radius 3 is 2.63 bits per heavy atom. The highest BCUT2D eigenvalue weighted by molar-refractivity contribution is 5.56. The van der Waals surface area contributed by atoms with Crippen LogP contribution in [0.2, 0.25) is 0 Å². The van der Waals surface area contributed by atoms with Gasteiger partial charge in [-0.05, 0) is 32.8 Å². The molecule has 0 saturated carbocycles. The molecule has 0 radical (unpaired) electrons. The Balaban J connectivity index is 1.66. The summed E-state index contributed by atoms with van der Waals surface area (Å²) in [4.78, 5) is 21.8. The lowest BCUT2D eigenvalue weighted by Crippen LogP contribution is -2.39. The molecule has 1 aliphatic rings. The van der Waals surface area contributed by atoms with Crippen LogP contribution in [-0.4, -0.2) is 41.1 Å². The Morgan fingerprint density at radius 2 is 2.00 bits per heavy atom. The molecule has 1 fully saturated rings. The highest BCUT2D eigenvalue weighted by Gasteiger charge is 2.22. The van der Waals surface area contributed by atoms with Gasteiger partial charge in [0.05, 0.1) is 11.5 Å². The number of anilines is 2. The first-order chi connectivity index (χ1) is 13.0. The summed E-state index contributed by atoms with van der Waals surface area (Å²) in [5.41, 5.74) is 2.76. The number of methoxy groups -OCH3 is 1. The van der Waals surface area contributed by atoms with Gasteiger partial charge < -0.3 is 15.0 Å². The lowest BCUT2D eigenvalue weighted by Gasteiger charge is -2.34. The number of nitrogens with one attached hydrogen (secondary N) is 1. The second-order valence-electron chi connectivity index (χ2n) is 6.85. The van der Waals surface area contributed by atoms with Crippen LogP contribution in [0, 0.1) is 24.0 Å². The Labute approximate surface area is 158 Å². The van der Waals surface area contributed by atoms with Gasteiger partial charge in [0.25, 0.3) is 5.69 Å². The molecule has 0 aliphatic carbocycles. The quantitative estimate of drug-likeness (QED) is 0.615. The molecular weight excluding hydrogens is 346 g/mol. The SMILES string of the molecule is COCc1cc([N+](=O)[O-])ccc1NC1CCN(c2cc(C)nc(C)n2)CC1. The molecule has 0 bridgehead atoms. The summed E-state index contributed by atoms with van der Waals surface area (Å²) in [5, 5.41) is 14.5. The standard InChI is InChI=1S/C19H25N5O3/c1-13-10-19(21-14(2)20-13)23-8-6-16(7-9-23)22-18-5-4-17(24(25)26)11-15(18)12-27-3/h4-5,10-11,16,22H,6-9,12H2,1-3H3. The number of rotatable bonds is 6. The number of nitro benzene ring substituents is 1. The van der Waals surface area contributed by atoms with Crippen molar-refractivity contribution in [3.05, 3.63) is 51.5 Å². The van der Waals surface area contributed by atoms with Gasteiger partial charge in [-0.25, -0.2) is 9.97 Å². The first-order valence-electron chi connectivity index (χ1n) is 9.06. The number of aromatic nitrogens is 2. The van der Waals surface area contributed by atoms with Gasteiger partial charge in [0, 0.05) is 61.4 Å². The number of hydrogen-bond donors (Lipinski definition) is 1. The van der Waals surface area contributed by atoms with E-state index in [-0.39, 0.29) is 10.6 Å². The van der Waals surface area contributed by atoms with Crippen molar-refractivity contribution in [2.24, 2.45) is 0 Å². The summed E-state index contributed by atoms with van der Waals surface area (Å²) in [6.45, 7) is 6.04. The fourth-order valence-electron chi connectivity index (χ4n) is 3.44. The average molecular weight is 371 g/mol. The minimum absolute atomic E-state index is 0.0805. The fourth-order valence-corrected chi connectivity index (χ4v) is 3.44. The van der Waals surface area contributed by atoms with E-state index in [2.05, 4.69) is 20.2 Å². The number of benzene rings is 1. The lowest BCUT2D eigenvalue weighted by atomic mass is 10.0. The van der Waals surface area contributed by atoms with E-state index in [0.29, 0.717) is 12.6 Å². The Hall–Kier alpha value is -2.74. The Morgan fingerprint density at radius 1 is 1.26 bits per heavy atom. The van der Waals surface area contributed by atoms with Gasteiger partial charge in [-0.15, -0.1) is 0 Å². The molecule has 1 aliphatic heterocycles. The van der Waals surface area contributed by atoms with Crippen LogP contribution in [0.25, 0.3) is 0 Å². The van der Waals surface area contributed by atoms with Crippen LogP contribution >= 0.6 is 0 Å². The van der Waals surface area contributed by atoms with Gasteiger partial charge in [-0.2, -0.15) is 0 Å². The zero-order valence-corrected chi connectivity index (χ0v) is 15.9. The number of ether oxygens (including phenoxy) is 1. The van der Waals surface area contributed by atoms with Crippen LogP contribution < -0.4 is 10.2 Å². The number of hydrogen-bond acceptors (Lipinski definition) is 7. The van der Waals surface area contributed by atoms with Gasteiger partial charge in [0.15, 0.2) is 0 Å². The maximum atomic E-state index is 11.0. The molecular formula is C19H25N5O3. The van der Waals surface area contributed by atoms with Gasteiger partial charge in [-0.1, -0.05) is 0 Å². The summed E-state index contributed by atoms with van der Waals surface area (Å²) >= 11 is 0. The molecule has 27 heavy (non-hydrogen) atoms. The van der Waals surface area contributed by atoms with Crippen LogP contribution in [0.3, 0.4) is 0 Å². The molecule has 8 nitrogen and oxygen atoms in total. The number of non-ortho nitro benzene ring substituents is 1. The van der Waals surface area contributed by atoms with Crippen LogP contribution in [0.15, 0.2) is 24.3 Å². The molecule has 8 heteroatoms. The van der Waals surface area contributed by atoms with E-state index in [9.17, 15) is 10.1 Å². The zero-order valence-electron chi connectivity index (χ0n) is 15.9. The largest absolute Gasteiger partial charge is 0.382 e. The fraction of sp³-hybridized carbons (Fsp3) is 0.474. The monoisotopic (exact) mass is 371 g/mol. The van der Waals surface area contributed by atoms with Gasteiger partial charge in [0.1, 0.15) is 11.6 Å². The smallest absolute Gasteiger partial charge is 0.269 e. The summed E-state index contributed by atoms with van der Waals surface area (Å²) in [7, 11) is 1.59. The van der Waals surface area contributed by atoms with E-state index in [0.717, 1.165) is 54.5 Å². The van der Waals surface area contributed by atoms with E-state index in [4.69, 9.17) is 4.74 Å². The van der Waals surface area contributed by atoms with Gasteiger partial charge >= 0.3 is 0 Å². The second-order valence-corrected chi connectivity index (χ2v) is 6.85. The van der Waals surface area contributed by atoms with Crippen molar-refractivity contribution in [2.75, 3.05) is 30.4 Å². The maximum Gasteiger partial charge on any atom is 0.269 e. The van der Waals surface area contributed by atoms with Crippen LogP contribution in [0.1, 0.15) is 29.9 Å². The van der Waals surface area contributed by atoms with E-state index >= 15 is 0 Å². The molecule has 1 aromatic heterocycles. The van der Waals surface area contributed by atoms with Crippen LogP contribution in [0.5, 0.6) is 0 Å². The third-order valence-corrected chi connectivity index (χ3v) is 4.73. The third-order valence-electron chi connectivity index (χ3n) is 4.73. The summed E-state index contributed by atoms with van der Waals surface area (Å²) in [6.07, 6.45) is 1.93. The van der Waals surface area contributed by atoms with Crippen LogP contribution in [0.4, 0.5) is 17.2 Å². The normalized spacial score (nSPS) is 15.0. The van der Waals surface area contributed by atoms with Gasteiger partial charge in [0.2, 0.25) is 0 Å². The highest BCUT2D eigenvalue weighted by Crippen LogP contribution is 2.26. The Bertz CT molecular complexity index is 799. The van der Waals surface area contributed by atoms with Crippen molar-refractivity contribution in [1.29, 1.82) is 0 Å². The maximum absolute atomic E-state index is 11.0. The molecule has 1 aromatic carbocycles. The number of nitrogens with zero attached hydrogens (tertiary/aromatic N) is 4. The van der Waals surface area contributed by atoms with E-state index < -0.39 is 0 Å². The molecule has 0 atom stereocenters. The molecule has 1 N–H and O–H groups in total. The average Bonchev–Trinajstić information content (AvgIpc) is 2.63. The molecule has 0 spiro atoms. The first kappa shape index (κ1) is 19.0. The van der Waals surface area contributed by atoms with E-state index in [1.54, 1.807) is 19.2 Å². The highest BCUT2D eigenvalue weighted by atomic mass is 16.6. The van der Waals surface area contributed by atoms with Crippen molar-refractivity contribution >= 4 is 17.2 Å².